The van der Waals surface area contributed by atoms with Crippen LogP contribution in [0.3, 0.4) is 0 Å². The van der Waals surface area contributed by atoms with Gasteiger partial charge in [-0.2, -0.15) is 0 Å². The van der Waals surface area contributed by atoms with Gasteiger partial charge in [0.2, 0.25) is 0 Å². The number of hydrogen-bond donors (Lipinski definition) is 1. The van der Waals surface area contributed by atoms with E-state index >= 15 is 0 Å². The summed E-state index contributed by atoms with van der Waals surface area (Å²) in [6.07, 6.45) is 4.99. The van der Waals surface area contributed by atoms with Gasteiger partial charge in [0.05, 0.1) is 5.69 Å². The van der Waals surface area contributed by atoms with Gasteiger partial charge in [-0.15, -0.1) is 0 Å². The lowest BCUT2D eigenvalue weighted by molar-refractivity contribution is 0.0685. The lowest BCUT2D eigenvalue weighted by Crippen LogP contribution is -2.30. The molecule has 0 bridgehead atoms. The fourth-order valence-corrected chi connectivity index (χ4v) is 2.72. The van der Waals surface area contributed by atoms with Crippen molar-refractivity contribution >= 4 is 5.82 Å². The Kier molecular flexibility index (Phi) is 4.53. The quantitative estimate of drug-likeness (QED) is 0.863. The highest BCUT2D eigenvalue weighted by molar-refractivity contribution is 5.38. The second-order valence-corrected chi connectivity index (χ2v) is 6.08. The molecule has 4 heteroatoms. The number of rotatable bonds is 6. The van der Waals surface area contributed by atoms with Crippen molar-refractivity contribution < 1.29 is 4.74 Å². The monoisotopic (exact) mass is 275 g/mol. The Labute approximate surface area is 121 Å². The van der Waals surface area contributed by atoms with E-state index in [1.807, 2.05) is 0 Å². The van der Waals surface area contributed by atoms with Gasteiger partial charge in [-0.1, -0.05) is 6.07 Å². The zero-order valence-electron chi connectivity index (χ0n) is 12.3. The van der Waals surface area contributed by atoms with Gasteiger partial charge in [-0.25, -0.2) is 4.98 Å². The van der Waals surface area contributed by atoms with E-state index in [2.05, 4.69) is 35.5 Å². The Bertz CT molecular complexity index is 427. The van der Waals surface area contributed by atoms with Crippen LogP contribution in [0.25, 0.3) is 0 Å². The number of hydrogen-bond acceptors (Lipinski definition) is 4. The SMILES string of the molecule is CN(CC1CCOCC1)c1cccc(CNC2CC2)n1. The summed E-state index contributed by atoms with van der Waals surface area (Å²) in [5, 5.41) is 3.52. The number of nitrogens with one attached hydrogen (secondary N) is 1. The van der Waals surface area contributed by atoms with Crippen LogP contribution in [0.5, 0.6) is 0 Å². The highest BCUT2D eigenvalue weighted by Gasteiger charge is 2.20. The minimum atomic E-state index is 0.737. The van der Waals surface area contributed by atoms with Crippen molar-refractivity contribution in [3.63, 3.8) is 0 Å². The zero-order valence-corrected chi connectivity index (χ0v) is 12.3. The predicted molar refractivity (Wildman–Crippen MR) is 80.9 cm³/mol. The van der Waals surface area contributed by atoms with Crippen LogP contribution in [0.2, 0.25) is 0 Å². The van der Waals surface area contributed by atoms with Gasteiger partial charge in [0.25, 0.3) is 0 Å². The van der Waals surface area contributed by atoms with E-state index in [4.69, 9.17) is 9.72 Å². The van der Waals surface area contributed by atoms with E-state index in [0.717, 1.165) is 49.8 Å². The van der Waals surface area contributed by atoms with E-state index < -0.39 is 0 Å². The van der Waals surface area contributed by atoms with Crippen LogP contribution in [-0.4, -0.2) is 37.8 Å². The average Bonchev–Trinajstić information content (AvgIpc) is 3.31. The van der Waals surface area contributed by atoms with E-state index in [-0.39, 0.29) is 0 Å². The zero-order chi connectivity index (χ0) is 13.8. The third-order valence-electron chi connectivity index (χ3n) is 4.21. The highest BCUT2D eigenvalue weighted by Crippen LogP contribution is 2.20. The molecule has 0 unspecified atom stereocenters. The van der Waals surface area contributed by atoms with Crippen LogP contribution in [0.1, 0.15) is 31.4 Å². The molecule has 1 N–H and O–H groups in total. The van der Waals surface area contributed by atoms with Crippen LogP contribution in [0.15, 0.2) is 18.2 Å². The molecule has 1 saturated carbocycles. The number of aromatic nitrogens is 1. The molecule has 1 aliphatic heterocycles. The van der Waals surface area contributed by atoms with Gasteiger partial charge in [0.15, 0.2) is 0 Å². The Hall–Kier alpha value is -1.13. The third-order valence-corrected chi connectivity index (χ3v) is 4.21. The Morgan fingerprint density at radius 2 is 2.05 bits per heavy atom. The van der Waals surface area contributed by atoms with Gasteiger partial charge in [-0.05, 0) is 43.7 Å². The molecular weight excluding hydrogens is 250 g/mol. The largest absolute Gasteiger partial charge is 0.381 e. The van der Waals surface area contributed by atoms with Crippen molar-refractivity contribution in [3.05, 3.63) is 23.9 Å². The molecule has 0 amide bonds. The lowest BCUT2D eigenvalue weighted by Gasteiger charge is -2.28. The smallest absolute Gasteiger partial charge is 0.128 e. The molecule has 20 heavy (non-hydrogen) atoms. The fourth-order valence-electron chi connectivity index (χ4n) is 2.72. The number of ether oxygens (including phenoxy) is 1. The Morgan fingerprint density at radius 3 is 2.80 bits per heavy atom. The summed E-state index contributed by atoms with van der Waals surface area (Å²) in [7, 11) is 2.15. The van der Waals surface area contributed by atoms with Crippen LogP contribution in [0, 0.1) is 5.92 Å². The van der Waals surface area contributed by atoms with E-state index in [1.165, 1.54) is 25.7 Å². The molecular formula is C16H25N3O. The maximum absolute atomic E-state index is 5.42. The van der Waals surface area contributed by atoms with E-state index in [1.54, 1.807) is 0 Å². The molecule has 1 aliphatic carbocycles. The average molecular weight is 275 g/mol. The molecule has 110 valence electrons. The molecule has 1 aromatic heterocycles. The lowest BCUT2D eigenvalue weighted by atomic mass is 10.00. The van der Waals surface area contributed by atoms with Crippen molar-refractivity contribution in [2.24, 2.45) is 5.92 Å². The highest BCUT2D eigenvalue weighted by atomic mass is 16.5. The summed E-state index contributed by atoms with van der Waals surface area (Å²) in [5.74, 6) is 1.83. The molecule has 0 aromatic carbocycles. The Balaban J connectivity index is 1.55. The second kappa shape index (κ2) is 6.55. The first-order valence-corrected chi connectivity index (χ1v) is 7.79. The molecule has 2 fully saturated rings. The molecule has 3 rings (SSSR count). The summed E-state index contributed by atoms with van der Waals surface area (Å²) in [4.78, 5) is 7.06. The van der Waals surface area contributed by atoms with Gasteiger partial charge in [0, 0.05) is 39.4 Å². The fraction of sp³-hybridized carbons (Fsp3) is 0.688. The topological polar surface area (TPSA) is 37.4 Å². The number of pyridine rings is 1. The van der Waals surface area contributed by atoms with Crippen LogP contribution >= 0.6 is 0 Å². The summed E-state index contributed by atoms with van der Waals surface area (Å²) >= 11 is 0. The van der Waals surface area contributed by atoms with E-state index in [9.17, 15) is 0 Å². The standard InChI is InChI=1S/C16H25N3O/c1-19(12-13-7-9-20-10-8-13)16-4-2-3-15(18-16)11-17-14-5-6-14/h2-4,13-14,17H,5-12H2,1H3. The molecule has 2 aliphatic rings. The molecule has 1 saturated heterocycles. The second-order valence-electron chi connectivity index (χ2n) is 6.08. The van der Waals surface area contributed by atoms with Crippen LogP contribution < -0.4 is 10.2 Å². The van der Waals surface area contributed by atoms with Crippen molar-refractivity contribution in [2.75, 3.05) is 31.7 Å². The summed E-state index contributed by atoms with van der Waals surface area (Å²) in [6.45, 7) is 3.80. The molecule has 0 radical (unpaired) electrons. The maximum Gasteiger partial charge on any atom is 0.128 e. The Morgan fingerprint density at radius 1 is 1.25 bits per heavy atom. The molecule has 4 nitrogen and oxygen atoms in total. The van der Waals surface area contributed by atoms with Crippen LogP contribution in [-0.2, 0) is 11.3 Å². The van der Waals surface area contributed by atoms with Gasteiger partial charge in [-0.3, -0.25) is 0 Å². The maximum atomic E-state index is 5.42. The third kappa shape index (κ3) is 3.93. The summed E-state index contributed by atoms with van der Waals surface area (Å²) < 4.78 is 5.42. The first-order chi connectivity index (χ1) is 9.81. The van der Waals surface area contributed by atoms with Gasteiger partial charge >= 0.3 is 0 Å². The number of nitrogens with zero attached hydrogens (tertiary/aromatic N) is 2. The minimum absolute atomic E-state index is 0.737. The molecule has 2 heterocycles. The molecule has 0 atom stereocenters. The van der Waals surface area contributed by atoms with Crippen molar-refractivity contribution in [3.8, 4) is 0 Å². The van der Waals surface area contributed by atoms with Crippen molar-refractivity contribution in [1.29, 1.82) is 0 Å². The van der Waals surface area contributed by atoms with Crippen LogP contribution in [0.4, 0.5) is 5.82 Å². The first-order valence-electron chi connectivity index (χ1n) is 7.79. The van der Waals surface area contributed by atoms with E-state index in [0.29, 0.717) is 0 Å². The van der Waals surface area contributed by atoms with Gasteiger partial charge < -0.3 is 15.0 Å². The minimum Gasteiger partial charge on any atom is -0.381 e. The van der Waals surface area contributed by atoms with Crippen molar-refractivity contribution in [1.82, 2.24) is 10.3 Å². The summed E-state index contributed by atoms with van der Waals surface area (Å²) in [6, 6.07) is 7.08. The van der Waals surface area contributed by atoms with Gasteiger partial charge in [0.1, 0.15) is 5.82 Å². The normalized spacial score (nSPS) is 20.1. The predicted octanol–water partition coefficient (Wildman–Crippen LogP) is 2.20. The summed E-state index contributed by atoms with van der Waals surface area (Å²) in [5.41, 5.74) is 1.15. The molecule has 1 aromatic rings. The van der Waals surface area contributed by atoms with Crippen molar-refractivity contribution in [2.45, 2.75) is 38.3 Å². The molecule has 0 spiro atoms. The first kappa shape index (κ1) is 13.8. The number of anilines is 1.